The number of fused-ring (bicyclic) bond motifs is 1. The Morgan fingerprint density at radius 2 is 1.83 bits per heavy atom. The molecule has 0 aliphatic carbocycles. The lowest BCUT2D eigenvalue weighted by molar-refractivity contribution is 0.0958. The minimum atomic E-state index is -0.406. The molecule has 2 aromatic carbocycles. The lowest BCUT2D eigenvalue weighted by Gasteiger charge is -2.11. The molecule has 1 amide bonds. The molecule has 0 aliphatic rings. The van der Waals surface area contributed by atoms with E-state index in [2.05, 4.69) is 25.6 Å². The van der Waals surface area contributed by atoms with Crippen molar-refractivity contribution in [2.24, 2.45) is 0 Å². The van der Waals surface area contributed by atoms with Crippen LogP contribution in [0.15, 0.2) is 67.1 Å². The predicted octanol–water partition coefficient (Wildman–Crippen LogP) is 4.06. The maximum atomic E-state index is 14.3. The van der Waals surface area contributed by atoms with Gasteiger partial charge in [0.1, 0.15) is 35.2 Å². The predicted molar refractivity (Wildman–Crippen MR) is 107 cm³/mol. The number of hydrogen-bond acceptors (Lipinski definition) is 6. The summed E-state index contributed by atoms with van der Waals surface area (Å²) in [6.45, 7) is 0. The Bertz CT molecular complexity index is 1190. The van der Waals surface area contributed by atoms with Gasteiger partial charge in [-0.15, -0.1) is 0 Å². The lowest BCUT2D eigenvalue weighted by atomic mass is 10.2. The van der Waals surface area contributed by atoms with E-state index in [1.165, 1.54) is 25.6 Å². The van der Waals surface area contributed by atoms with Crippen molar-refractivity contribution in [3.8, 4) is 11.5 Å². The molecule has 4 rings (SSSR count). The van der Waals surface area contributed by atoms with Crippen molar-refractivity contribution in [2.75, 3.05) is 12.4 Å². The van der Waals surface area contributed by atoms with Crippen LogP contribution in [0.2, 0.25) is 0 Å². The maximum absolute atomic E-state index is 14.3. The van der Waals surface area contributed by atoms with Gasteiger partial charge in [0.15, 0.2) is 0 Å². The zero-order valence-corrected chi connectivity index (χ0v) is 15.4. The molecule has 8 heteroatoms. The summed E-state index contributed by atoms with van der Waals surface area (Å²) in [6, 6.07) is 15.0. The summed E-state index contributed by atoms with van der Waals surface area (Å²) in [4.78, 5) is 24.0. The first-order chi connectivity index (χ1) is 14.1. The Morgan fingerprint density at radius 1 is 1.00 bits per heavy atom. The fourth-order valence-corrected chi connectivity index (χ4v) is 2.80. The highest BCUT2D eigenvalue weighted by Gasteiger charge is 2.10. The third-order valence-corrected chi connectivity index (χ3v) is 4.14. The van der Waals surface area contributed by atoms with Crippen molar-refractivity contribution in [1.82, 2.24) is 20.3 Å². The van der Waals surface area contributed by atoms with Gasteiger partial charge in [-0.3, -0.25) is 9.78 Å². The molecule has 0 saturated heterocycles. The van der Waals surface area contributed by atoms with Crippen LogP contribution < -0.4 is 15.4 Å². The van der Waals surface area contributed by atoms with Gasteiger partial charge in [0.05, 0.1) is 10.9 Å². The summed E-state index contributed by atoms with van der Waals surface area (Å²) < 4.78 is 20.1. The molecule has 2 N–H and O–H groups in total. The molecule has 0 aliphatic heterocycles. The zero-order valence-electron chi connectivity index (χ0n) is 15.4. The summed E-state index contributed by atoms with van der Waals surface area (Å²) >= 11 is 0. The van der Waals surface area contributed by atoms with Crippen LogP contribution in [-0.4, -0.2) is 27.9 Å². The molecule has 4 aromatic rings. The minimum Gasteiger partial charge on any atom is -0.457 e. The van der Waals surface area contributed by atoms with Crippen molar-refractivity contribution in [2.45, 2.75) is 0 Å². The second-order valence-corrected chi connectivity index (χ2v) is 6.07. The van der Waals surface area contributed by atoms with Gasteiger partial charge in [0, 0.05) is 31.1 Å². The average molecular weight is 389 g/mol. The van der Waals surface area contributed by atoms with E-state index in [-0.39, 0.29) is 11.6 Å². The van der Waals surface area contributed by atoms with Crippen LogP contribution >= 0.6 is 0 Å². The second-order valence-electron chi connectivity index (χ2n) is 6.07. The second kappa shape index (κ2) is 7.89. The molecule has 0 saturated carbocycles. The van der Waals surface area contributed by atoms with Crippen LogP contribution in [-0.2, 0) is 0 Å². The first kappa shape index (κ1) is 18.3. The number of amides is 1. The van der Waals surface area contributed by atoms with E-state index >= 15 is 0 Å². The third kappa shape index (κ3) is 3.96. The van der Waals surface area contributed by atoms with Crippen LogP contribution in [0, 0.1) is 5.82 Å². The summed E-state index contributed by atoms with van der Waals surface area (Å²) in [5.41, 5.74) is 1.42. The summed E-state index contributed by atoms with van der Waals surface area (Å²) in [6.07, 6.45) is 2.87. The van der Waals surface area contributed by atoms with Crippen LogP contribution in [0.1, 0.15) is 10.5 Å². The molecule has 0 fully saturated rings. The van der Waals surface area contributed by atoms with E-state index in [1.54, 1.807) is 42.5 Å². The Hall–Kier alpha value is -4.07. The first-order valence-corrected chi connectivity index (χ1v) is 8.76. The van der Waals surface area contributed by atoms with Crippen LogP contribution in [0.25, 0.3) is 10.9 Å². The van der Waals surface area contributed by atoms with Crippen molar-refractivity contribution >= 4 is 28.3 Å². The molecule has 144 valence electrons. The maximum Gasteiger partial charge on any atom is 0.269 e. The smallest absolute Gasteiger partial charge is 0.269 e. The SMILES string of the molecule is CNC(=O)c1cc(Oc2cccc(Nc3ncnc4cccc(F)c34)c2)ccn1. The van der Waals surface area contributed by atoms with E-state index in [0.717, 1.165) is 0 Å². The van der Waals surface area contributed by atoms with E-state index in [9.17, 15) is 9.18 Å². The molecule has 0 bridgehead atoms. The van der Waals surface area contributed by atoms with Gasteiger partial charge in [-0.25, -0.2) is 14.4 Å². The fourth-order valence-electron chi connectivity index (χ4n) is 2.80. The molecule has 0 radical (unpaired) electrons. The van der Waals surface area contributed by atoms with E-state index in [0.29, 0.717) is 33.9 Å². The number of rotatable bonds is 5. The molecular formula is C21H16FN5O2. The molecule has 0 atom stereocenters. The number of carbonyl (C=O) groups is 1. The van der Waals surface area contributed by atoms with Gasteiger partial charge in [-0.2, -0.15) is 0 Å². The zero-order chi connectivity index (χ0) is 20.2. The Kier molecular flexibility index (Phi) is 4.98. The monoisotopic (exact) mass is 389 g/mol. The van der Waals surface area contributed by atoms with E-state index < -0.39 is 5.82 Å². The van der Waals surface area contributed by atoms with Gasteiger partial charge in [-0.05, 0) is 30.3 Å². The molecule has 2 aromatic heterocycles. The minimum absolute atomic E-state index is 0.252. The molecule has 7 nitrogen and oxygen atoms in total. The lowest BCUT2D eigenvalue weighted by Crippen LogP contribution is -2.18. The largest absolute Gasteiger partial charge is 0.457 e. The van der Waals surface area contributed by atoms with Gasteiger partial charge in [0.2, 0.25) is 0 Å². The highest BCUT2D eigenvalue weighted by atomic mass is 19.1. The summed E-state index contributed by atoms with van der Waals surface area (Å²) in [5.74, 6) is 0.647. The van der Waals surface area contributed by atoms with Crippen molar-refractivity contribution < 1.29 is 13.9 Å². The van der Waals surface area contributed by atoms with Gasteiger partial charge in [-0.1, -0.05) is 12.1 Å². The first-order valence-electron chi connectivity index (χ1n) is 8.76. The van der Waals surface area contributed by atoms with Gasteiger partial charge in [0.25, 0.3) is 5.91 Å². The molecule has 29 heavy (non-hydrogen) atoms. The topological polar surface area (TPSA) is 89.0 Å². The Morgan fingerprint density at radius 3 is 2.69 bits per heavy atom. The number of ether oxygens (including phenoxy) is 1. The molecule has 0 unspecified atom stereocenters. The molecule has 2 heterocycles. The number of anilines is 2. The Labute approximate surface area is 165 Å². The number of carbonyl (C=O) groups excluding carboxylic acids is 1. The molecule has 0 spiro atoms. The number of hydrogen-bond donors (Lipinski definition) is 2. The van der Waals surface area contributed by atoms with Crippen LogP contribution in [0.3, 0.4) is 0 Å². The number of nitrogens with one attached hydrogen (secondary N) is 2. The van der Waals surface area contributed by atoms with E-state index in [1.807, 2.05) is 6.07 Å². The third-order valence-electron chi connectivity index (χ3n) is 4.14. The quantitative estimate of drug-likeness (QED) is 0.535. The van der Waals surface area contributed by atoms with Gasteiger partial charge >= 0.3 is 0 Å². The number of halogens is 1. The standard InChI is InChI=1S/C21H16FN5O2/c1-23-21(28)18-11-15(8-9-24-18)29-14-5-2-4-13(10-14)27-20-19-16(22)6-3-7-17(19)25-12-26-20/h2-12H,1H3,(H,23,28)(H,25,26,27). The summed E-state index contributed by atoms with van der Waals surface area (Å²) in [7, 11) is 1.53. The normalized spacial score (nSPS) is 10.6. The number of nitrogens with zero attached hydrogens (tertiary/aromatic N) is 3. The highest BCUT2D eigenvalue weighted by molar-refractivity contribution is 5.92. The van der Waals surface area contributed by atoms with E-state index in [4.69, 9.17) is 4.74 Å². The number of benzene rings is 2. The highest BCUT2D eigenvalue weighted by Crippen LogP contribution is 2.28. The van der Waals surface area contributed by atoms with Crippen molar-refractivity contribution in [3.05, 3.63) is 78.6 Å². The van der Waals surface area contributed by atoms with Crippen LogP contribution in [0.4, 0.5) is 15.9 Å². The van der Waals surface area contributed by atoms with Gasteiger partial charge < -0.3 is 15.4 Å². The fraction of sp³-hybridized carbons (Fsp3) is 0.0476. The van der Waals surface area contributed by atoms with Crippen LogP contribution in [0.5, 0.6) is 11.5 Å². The Balaban J connectivity index is 1.60. The molecular weight excluding hydrogens is 373 g/mol. The van der Waals surface area contributed by atoms with Crippen molar-refractivity contribution in [1.29, 1.82) is 0 Å². The number of pyridine rings is 1. The summed E-state index contributed by atoms with van der Waals surface area (Å²) in [5, 5.41) is 5.93. The van der Waals surface area contributed by atoms with Crippen molar-refractivity contribution in [3.63, 3.8) is 0 Å². The average Bonchev–Trinajstić information content (AvgIpc) is 2.74. The number of aromatic nitrogens is 3.